The third-order valence-corrected chi connectivity index (χ3v) is 9.00. The van der Waals surface area contributed by atoms with Crippen LogP contribution in [0.2, 0.25) is 0 Å². The van der Waals surface area contributed by atoms with Gasteiger partial charge in [-0.2, -0.15) is 0 Å². The molecule has 0 saturated carbocycles. The number of hydrogen-bond donors (Lipinski definition) is 1. The van der Waals surface area contributed by atoms with Crippen LogP contribution in [0, 0.1) is 20.8 Å². The lowest BCUT2D eigenvalue weighted by molar-refractivity contribution is 0.122. The molecule has 0 radical (unpaired) electrons. The smallest absolute Gasteiger partial charge is 0.174 e. The average molecular weight is 603 g/mol. The Morgan fingerprint density at radius 2 is 1.64 bits per heavy atom. The summed E-state index contributed by atoms with van der Waals surface area (Å²) in [4.78, 5) is 9.36. The number of pyridine rings is 1. The molecule has 2 aliphatic heterocycles. The van der Waals surface area contributed by atoms with Gasteiger partial charge in [-0.05, 0) is 105 Å². The van der Waals surface area contributed by atoms with Gasteiger partial charge in [-0.15, -0.1) is 0 Å². The Bertz CT molecular complexity index is 1500. The van der Waals surface area contributed by atoms with Crippen molar-refractivity contribution in [2.45, 2.75) is 32.9 Å². The van der Waals surface area contributed by atoms with E-state index >= 15 is 0 Å². The number of anilines is 2. The van der Waals surface area contributed by atoms with E-state index in [1.54, 1.807) is 0 Å². The third-order valence-electron chi connectivity index (χ3n) is 7.79. The number of halogens is 1. The van der Waals surface area contributed by atoms with Crippen LogP contribution in [0.25, 0.3) is 5.69 Å². The molecule has 0 bridgehead atoms. The highest BCUT2D eigenvalue weighted by molar-refractivity contribution is 9.10. The lowest BCUT2D eigenvalue weighted by atomic mass is 9.96. The van der Waals surface area contributed by atoms with Gasteiger partial charge in [-0.25, -0.2) is 0 Å². The van der Waals surface area contributed by atoms with Crippen LogP contribution in [0.4, 0.5) is 11.4 Å². The topological polar surface area (TPSA) is 45.6 Å². The fraction of sp³-hybridized carbons (Fsp3) is 0.290. The first-order valence-corrected chi connectivity index (χ1v) is 14.5. The summed E-state index contributed by atoms with van der Waals surface area (Å²) in [5.74, 6) is 0. The quantitative estimate of drug-likeness (QED) is 0.261. The number of thiocarbonyl (C=S) groups is 1. The SMILES string of the molecule is Cc1cc(N2C(=S)N[C@H](c3ccccn3)[C@H]2c2cc(C)n(-c3ccc(N4CCOCC4)cc3)c2C)ccc1Br. The standard InChI is InChI=1S/C31H32BrN5OS/c1-20-18-25(11-12-27(20)32)37-30(29(34-31(37)39)28-6-4-5-13-33-28)26-19-21(2)36(22(26)3)24-9-7-23(8-10-24)35-14-16-38-17-15-35/h4-13,18-19,29-30H,14-17H2,1-3H3,(H,34,39)/t29-,30-/m1/s1. The first-order chi connectivity index (χ1) is 18.9. The van der Waals surface area contributed by atoms with Crippen molar-refractivity contribution in [2.24, 2.45) is 0 Å². The summed E-state index contributed by atoms with van der Waals surface area (Å²) < 4.78 is 8.96. The number of morpholine rings is 1. The summed E-state index contributed by atoms with van der Waals surface area (Å²) in [6, 6.07) is 23.5. The first kappa shape index (κ1) is 26.0. The van der Waals surface area contributed by atoms with Crippen molar-refractivity contribution < 1.29 is 4.74 Å². The maximum atomic E-state index is 5.96. The summed E-state index contributed by atoms with van der Waals surface area (Å²) in [6.07, 6.45) is 1.85. The summed E-state index contributed by atoms with van der Waals surface area (Å²) in [7, 11) is 0. The number of ether oxygens (including phenoxy) is 1. The Labute approximate surface area is 243 Å². The van der Waals surface area contributed by atoms with E-state index < -0.39 is 0 Å². The average Bonchev–Trinajstić information content (AvgIpc) is 3.46. The van der Waals surface area contributed by atoms with E-state index in [-0.39, 0.29) is 12.1 Å². The van der Waals surface area contributed by atoms with Crippen LogP contribution >= 0.6 is 28.1 Å². The number of nitrogens with one attached hydrogen (secondary N) is 1. The maximum absolute atomic E-state index is 5.96. The van der Waals surface area contributed by atoms with Crippen LogP contribution < -0.4 is 15.1 Å². The molecule has 2 aromatic carbocycles. The largest absolute Gasteiger partial charge is 0.378 e. The molecule has 4 heterocycles. The van der Waals surface area contributed by atoms with Gasteiger partial charge in [0.1, 0.15) is 0 Å². The zero-order valence-corrected chi connectivity index (χ0v) is 24.8. The van der Waals surface area contributed by atoms with Gasteiger partial charge in [0.15, 0.2) is 5.11 Å². The number of aryl methyl sites for hydroxylation is 2. The number of nitrogens with zero attached hydrogens (tertiary/aromatic N) is 4. The summed E-state index contributed by atoms with van der Waals surface area (Å²) in [5, 5.41) is 4.30. The second-order valence-corrected chi connectivity index (χ2v) is 11.4. The van der Waals surface area contributed by atoms with Crippen molar-refractivity contribution in [3.63, 3.8) is 0 Å². The lowest BCUT2D eigenvalue weighted by Gasteiger charge is -2.29. The van der Waals surface area contributed by atoms with Crippen LogP contribution in [-0.2, 0) is 4.74 Å². The van der Waals surface area contributed by atoms with Crippen LogP contribution in [0.1, 0.15) is 40.3 Å². The van der Waals surface area contributed by atoms with Crippen molar-refractivity contribution in [3.05, 3.63) is 106 Å². The van der Waals surface area contributed by atoms with Gasteiger partial charge < -0.3 is 24.4 Å². The molecular formula is C31H32BrN5OS. The van der Waals surface area contributed by atoms with Gasteiger partial charge in [-0.1, -0.05) is 22.0 Å². The molecular weight excluding hydrogens is 570 g/mol. The molecule has 0 unspecified atom stereocenters. The number of rotatable bonds is 5. The van der Waals surface area contributed by atoms with Crippen molar-refractivity contribution in [1.29, 1.82) is 0 Å². The fourth-order valence-corrected chi connectivity index (χ4v) is 6.44. The molecule has 4 aromatic rings. The van der Waals surface area contributed by atoms with Crippen LogP contribution in [0.15, 0.2) is 77.4 Å². The van der Waals surface area contributed by atoms with Crippen molar-refractivity contribution in [3.8, 4) is 5.69 Å². The molecule has 1 N–H and O–H groups in total. The van der Waals surface area contributed by atoms with Gasteiger partial charge in [0.25, 0.3) is 0 Å². The number of hydrogen-bond acceptors (Lipinski definition) is 4. The molecule has 39 heavy (non-hydrogen) atoms. The zero-order chi connectivity index (χ0) is 27.1. The molecule has 2 aliphatic rings. The van der Waals surface area contributed by atoms with Crippen LogP contribution in [0.3, 0.4) is 0 Å². The molecule has 0 aliphatic carbocycles. The Kier molecular flexibility index (Phi) is 7.18. The molecule has 6 rings (SSSR count). The monoisotopic (exact) mass is 601 g/mol. The van der Waals surface area contributed by atoms with Gasteiger partial charge in [0.05, 0.1) is 31.0 Å². The summed E-state index contributed by atoms with van der Waals surface area (Å²) in [5.41, 5.74) is 9.21. The minimum Gasteiger partial charge on any atom is -0.378 e. The van der Waals surface area contributed by atoms with E-state index in [9.17, 15) is 0 Å². The highest BCUT2D eigenvalue weighted by atomic mass is 79.9. The van der Waals surface area contributed by atoms with Crippen LogP contribution in [0.5, 0.6) is 0 Å². The number of benzene rings is 2. The molecule has 2 fully saturated rings. The highest BCUT2D eigenvalue weighted by Gasteiger charge is 2.42. The van der Waals surface area contributed by atoms with Gasteiger partial charge in [-0.3, -0.25) is 4.98 Å². The minimum absolute atomic E-state index is 0.0550. The molecule has 2 aromatic heterocycles. The predicted octanol–water partition coefficient (Wildman–Crippen LogP) is 6.57. The van der Waals surface area contributed by atoms with Crippen LogP contribution in [-0.4, -0.2) is 41.0 Å². The Morgan fingerprint density at radius 1 is 0.923 bits per heavy atom. The van der Waals surface area contributed by atoms with Crippen molar-refractivity contribution in [2.75, 3.05) is 36.1 Å². The first-order valence-electron chi connectivity index (χ1n) is 13.3. The van der Waals surface area contributed by atoms with E-state index in [1.165, 1.54) is 28.2 Å². The Hall–Kier alpha value is -3.20. The Balaban J connectivity index is 1.42. The van der Waals surface area contributed by atoms with Gasteiger partial charge >= 0.3 is 0 Å². The molecule has 6 nitrogen and oxygen atoms in total. The van der Waals surface area contributed by atoms with E-state index in [2.05, 4.69) is 111 Å². The van der Waals surface area contributed by atoms with Gasteiger partial charge in [0.2, 0.25) is 0 Å². The summed E-state index contributed by atoms with van der Waals surface area (Å²) >= 11 is 9.61. The lowest BCUT2D eigenvalue weighted by Crippen LogP contribution is -2.36. The van der Waals surface area contributed by atoms with E-state index in [0.717, 1.165) is 47.8 Å². The third kappa shape index (κ3) is 4.86. The maximum Gasteiger partial charge on any atom is 0.174 e. The zero-order valence-electron chi connectivity index (χ0n) is 22.4. The van der Waals surface area contributed by atoms with Crippen molar-refractivity contribution in [1.82, 2.24) is 14.9 Å². The molecule has 8 heteroatoms. The molecule has 0 amide bonds. The fourth-order valence-electron chi connectivity index (χ4n) is 5.85. The second-order valence-electron chi connectivity index (χ2n) is 10.2. The minimum atomic E-state index is -0.0831. The van der Waals surface area contributed by atoms with Crippen molar-refractivity contribution >= 4 is 44.6 Å². The summed E-state index contributed by atoms with van der Waals surface area (Å²) in [6.45, 7) is 9.92. The highest BCUT2D eigenvalue weighted by Crippen LogP contribution is 2.44. The molecule has 200 valence electrons. The molecule has 0 spiro atoms. The van der Waals surface area contributed by atoms with E-state index in [1.807, 2.05) is 18.3 Å². The van der Waals surface area contributed by atoms with Gasteiger partial charge in [0, 0.05) is 52.2 Å². The normalized spacial score (nSPS) is 19.4. The van der Waals surface area contributed by atoms with E-state index in [0.29, 0.717) is 5.11 Å². The number of aromatic nitrogens is 2. The second kappa shape index (κ2) is 10.8. The molecule has 2 saturated heterocycles. The van der Waals surface area contributed by atoms with E-state index in [4.69, 9.17) is 21.9 Å². The molecule has 2 atom stereocenters. The Morgan fingerprint density at radius 3 is 2.33 bits per heavy atom. The predicted molar refractivity (Wildman–Crippen MR) is 165 cm³/mol.